The molecule has 1 heterocycles. The molecule has 0 bridgehead atoms. The van der Waals surface area contributed by atoms with Crippen LogP contribution in [-0.4, -0.2) is 12.8 Å². The molecular formula is C11H13NS. The smallest absolute Gasteiger partial charge is 0.0568 e. The van der Waals surface area contributed by atoms with Gasteiger partial charge in [0.25, 0.3) is 0 Å². The molecule has 0 aromatic carbocycles. The molecule has 0 aliphatic carbocycles. The van der Waals surface area contributed by atoms with Crippen LogP contribution in [0.5, 0.6) is 0 Å². The van der Waals surface area contributed by atoms with Gasteiger partial charge in [0.1, 0.15) is 0 Å². The van der Waals surface area contributed by atoms with Gasteiger partial charge in [-0.3, -0.25) is 4.99 Å². The first kappa shape index (κ1) is 9.93. The summed E-state index contributed by atoms with van der Waals surface area (Å²) in [6, 6.07) is 4.13. The van der Waals surface area contributed by atoms with Gasteiger partial charge in [0, 0.05) is 11.9 Å². The number of nitrogens with zero attached hydrogens (tertiary/aromatic N) is 1. The first-order valence-corrected chi connectivity index (χ1v) is 5.06. The van der Waals surface area contributed by atoms with Crippen LogP contribution < -0.4 is 0 Å². The molecule has 0 saturated heterocycles. The second-order valence-corrected chi connectivity index (χ2v) is 3.48. The Morgan fingerprint density at radius 3 is 2.85 bits per heavy atom. The van der Waals surface area contributed by atoms with Crippen molar-refractivity contribution in [2.75, 3.05) is 7.05 Å². The molecule has 0 atom stereocenters. The topological polar surface area (TPSA) is 12.4 Å². The standard InChI is InChI=1S/C11H13NS/c1-3-5-10(12-2)7-8-11-6-4-9-13-11/h3-9H,1-2H3/b5-3-,8-7+,12-10?. The van der Waals surface area contributed by atoms with E-state index in [0.717, 1.165) is 5.71 Å². The summed E-state index contributed by atoms with van der Waals surface area (Å²) < 4.78 is 0. The molecule has 1 aromatic heterocycles. The summed E-state index contributed by atoms with van der Waals surface area (Å²) in [5.74, 6) is 0. The Labute approximate surface area is 83.1 Å². The fourth-order valence-electron chi connectivity index (χ4n) is 0.929. The number of hydrogen-bond acceptors (Lipinski definition) is 2. The maximum atomic E-state index is 4.12. The molecule has 1 nitrogen and oxygen atoms in total. The van der Waals surface area contributed by atoms with E-state index in [1.807, 2.05) is 31.2 Å². The molecule has 0 N–H and O–H groups in total. The van der Waals surface area contributed by atoms with Gasteiger partial charge in [-0.2, -0.15) is 0 Å². The average Bonchev–Trinajstić information content (AvgIpc) is 2.64. The Kier molecular flexibility index (Phi) is 4.19. The highest BCUT2D eigenvalue weighted by molar-refractivity contribution is 7.10. The van der Waals surface area contributed by atoms with Gasteiger partial charge in [0.2, 0.25) is 0 Å². The van der Waals surface area contributed by atoms with Crippen molar-refractivity contribution < 1.29 is 0 Å². The quantitative estimate of drug-likeness (QED) is 0.649. The second-order valence-electron chi connectivity index (χ2n) is 2.50. The minimum Gasteiger partial charge on any atom is -0.289 e. The van der Waals surface area contributed by atoms with E-state index >= 15 is 0 Å². The molecule has 0 amide bonds. The molecule has 0 saturated carbocycles. The van der Waals surface area contributed by atoms with Crippen LogP contribution in [0.25, 0.3) is 6.08 Å². The van der Waals surface area contributed by atoms with Gasteiger partial charge in [-0.05, 0) is 36.6 Å². The van der Waals surface area contributed by atoms with E-state index in [2.05, 4.69) is 22.5 Å². The molecule has 1 aromatic rings. The summed E-state index contributed by atoms with van der Waals surface area (Å²) in [6.07, 6.45) is 8.07. The molecule has 0 radical (unpaired) electrons. The third kappa shape index (κ3) is 3.38. The molecule has 0 spiro atoms. The van der Waals surface area contributed by atoms with Crippen LogP contribution in [0.3, 0.4) is 0 Å². The summed E-state index contributed by atoms with van der Waals surface area (Å²) in [6.45, 7) is 1.99. The Morgan fingerprint density at radius 1 is 1.46 bits per heavy atom. The number of aliphatic imine (C=N–C) groups is 1. The third-order valence-electron chi connectivity index (χ3n) is 1.56. The summed E-state index contributed by atoms with van der Waals surface area (Å²) >= 11 is 1.73. The van der Waals surface area contributed by atoms with E-state index in [-0.39, 0.29) is 0 Å². The van der Waals surface area contributed by atoms with Gasteiger partial charge in [-0.1, -0.05) is 12.1 Å². The minimum atomic E-state index is 0.996. The number of allylic oxidation sites excluding steroid dienone is 3. The predicted octanol–water partition coefficient (Wildman–Crippen LogP) is 3.41. The van der Waals surface area contributed by atoms with Gasteiger partial charge in [-0.15, -0.1) is 11.3 Å². The van der Waals surface area contributed by atoms with E-state index in [4.69, 9.17) is 0 Å². The van der Waals surface area contributed by atoms with Crippen molar-refractivity contribution in [3.8, 4) is 0 Å². The van der Waals surface area contributed by atoms with Gasteiger partial charge in [-0.25, -0.2) is 0 Å². The summed E-state index contributed by atoms with van der Waals surface area (Å²) in [7, 11) is 1.80. The molecule has 0 unspecified atom stereocenters. The maximum Gasteiger partial charge on any atom is 0.0568 e. The summed E-state index contributed by atoms with van der Waals surface area (Å²) in [5, 5.41) is 2.07. The van der Waals surface area contributed by atoms with E-state index in [1.165, 1.54) is 4.88 Å². The SMILES string of the molecule is C/C=C\C(/C=C/c1cccs1)=NC. The highest BCUT2D eigenvalue weighted by Crippen LogP contribution is 2.10. The largest absolute Gasteiger partial charge is 0.289 e. The minimum absolute atomic E-state index is 0.996. The van der Waals surface area contributed by atoms with Gasteiger partial charge in [0.15, 0.2) is 0 Å². The Bertz CT molecular complexity index is 318. The van der Waals surface area contributed by atoms with Gasteiger partial charge < -0.3 is 0 Å². The molecule has 0 aliphatic rings. The zero-order chi connectivity index (χ0) is 9.52. The number of thiophene rings is 1. The van der Waals surface area contributed by atoms with Crippen molar-refractivity contribution >= 4 is 23.1 Å². The van der Waals surface area contributed by atoms with Gasteiger partial charge in [0.05, 0.1) is 5.71 Å². The molecule has 13 heavy (non-hydrogen) atoms. The van der Waals surface area contributed by atoms with E-state index in [1.54, 1.807) is 18.4 Å². The van der Waals surface area contributed by atoms with Crippen molar-refractivity contribution in [3.63, 3.8) is 0 Å². The van der Waals surface area contributed by atoms with Crippen molar-refractivity contribution in [1.29, 1.82) is 0 Å². The molecule has 0 aliphatic heterocycles. The average molecular weight is 191 g/mol. The summed E-state index contributed by atoms with van der Waals surface area (Å²) in [4.78, 5) is 5.38. The van der Waals surface area contributed by atoms with E-state index < -0.39 is 0 Å². The van der Waals surface area contributed by atoms with Crippen molar-refractivity contribution in [1.82, 2.24) is 0 Å². The highest BCUT2D eigenvalue weighted by Gasteiger charge is 1.87. The Hall–Kier alpha value is -1.15. The van der Waals surface area contributed by atoms with Crippen molar-refractivity contribution in [3.05, 3.63) is 40.6 Å². The molecule has 68 valence electrons. The fourth-order valence-corrected chi connectivity index (χ4v) is 1.55. The van der Waals surface area contributed by atoms with Crippen LogP contribution in [-0.2, 0) is 0 Å². The molecule has 0 fully saturated rings. The van der Waals surface area contributed by atoms with Crippen LogP contribution in [0.15, 0.2) is 40.7 Å². The lowest BCUT2D eigenvalue weighted by atomic mass is 10.3. The molecular weight excluding hydrogens is 178 g/mol. The number of rotatable bonds is 3. The monoisotopic (exact) mass is 191 g/mol. The number of hydrogen-bond donors (Lipinski definition) is 0. The van der Waals surface area contributed by atoms with Gasteiger partial charge >= 0.3 is 0 Å². The second kappa shape index (κ2) is 5.49. The molecule has 1 rings (SSSR count). The molecule has 2 heteroatoms. The van der Waals surface area contributed by atoms with Crippen LogP contribution >= 0.6 is 11.3 Å². The van der Waals surface area contributed by atoms with Crippen LogP contribution in [0, 0.1) is 0 Å². The maximum absolute atomic E-state index is 4.12. The van der Waals surface area contributed by atoms with Crippen molar-refractivity contribution in [2.45, 2.75) is 6.92 Å². The lowest BCUT2D eigenvalue weighted by Gasteiger charge is -1.88. The van der Waals surface area contributed by atoms with Crippen LogP contribution in [0.2, 0.25) is 0 Å². The zero-order valence-electron chi connectivity index (χ0n) is 7.90. The Morgan fingerprint density at radius 2 is 2.31 bits per heavy atom. The predicted molar refractivity (Wildman–Crippen MR) is 61.5 cm³/mol. The van der Waals surface area contributed by atoms with Crippen molar-refractivity contribution in [2.24, 2.45) is 4.99 Å². The van der Waals surface area contributed by atoms with E-state index in [0.29, 0.717) is 0 Å². The van der Waals surface area contributed by atoms with Crippen LogP contribution in [0.4, 0.5) is 0 Å². The Balaban J connectivity index is 2.67. The zero-order valence-corrected chi connectivity index (χ0v) is 8.71. The lowest BCUT2D eigenvalue weighted by Crippen LogP contribution is -1.84. The third-order valence-corrected chi connectivity index (χ3v) is 2.39. The highest BCUT2D eigenvalue weighted by atomic mass is 32.1. The summed E-state index contributed by atoms with van der Waals surface area (Å²) in [5.41, 5.74) is 0.996. The van der Waals surface area contributed by atoms with Crippen LogP contribution in [0.1, 0.15) is 11.8 Å². The normalized spacial score (nSPS) is 13.2. The van der Waals surface area contributed by atoms with E-state index in [9.17, 15) is 0 Å². The first-order valence-electron chi connectivity index (χ1n) is 4.18. The fraction of sp³-hybridized carbons (Fsp3) is 0.182. The lowest BCUT2D eigenvalue weighted by molar-refractivity contribution is 1.45. The first-order chi connectivity index (χ1) is 6.36.